The number of anilines is 2. The standard InChI is InChI=1S/C28H21F5N4O5S2.ClH/c29-17-43(38,39)23-11-7-21(8-12-23)34-36(22-9-13-24(14-10-22)44(40,41)18-30)37-25(16-27(35-37)28(31,32)33)19-3-5-20(6-4-19)26-2-1-15-42-26;/h1-16,34H,17-18H2;1H. The molecule has 238 valence electrons. The van der Waals surface area contributed by atoms with Crippen LogP contribution in [0.25, 0.3) is 22.6 Å². The third-order valence-corrected chi connectivity index (χ3v) is 8.89. The first-order chi connectivity index (χ1) is 20.8. The molecule has 5 rings (SSSR count). The minimum atomic E-state index is -4.86. The van der Waals surface area contributed by atoms with E-state index in [1.807, 2.05) is 0 Å². The van der Waals surface area contributed by atoms with Crippen LogP contribution in [0.3, 0.4) is 0 Å². The minimum Gasteiger partial charge on any atom is -0.464 e. The van der Waals surface area contributed by atoms with E-state index in [4.69, 9.17) is 4.42 Å². The maximum Gasteiger partial charge on any atom is 0.435 e. The number of halogens is 6. The molecule has 0 radical (unpaired) electrons. The summed E-state index contributed by atoms with van der Waals surface area (Å²) in [5.41, 5.74) is 2.69. The van der Waals surface area contributed by atoms with Gasteiger partial charge in [-0.05, 0) is 66.7 Å². The molecule has 2 aromatic heterocycles. The van der Waals surface area contributed by atoms with Crippen molar-refractivity contribution < 1.29 is 43.2 Å². The predicted octanol–water partition coefficient (Wildman–Crippen LogP) is 6.95. The normalized spacial score (nSPS) is 12.0. The van der Waals surface area contributed by atoms with E-state index < -0.39 is 43.6 Å². The second kappa shape index (κ2) is 12.9. The number of hydrogen-bond donors (Lipinski definition) is 1. The van der Waals surface area contributed by atoms with Crippen LogP contribution in [0.15, 0.2) is 111 Å². The number of aromatic nitrogens is 2. The van der Waals surface area contributed by atoms with Gasteiger partial charge in [-0.3, -0.25) is 5.43 Å². The van der Waals surface area contributed by atoms with E-state index in [0.717, 1.165) is 40.2 Å². The van der Waals surface area contributed by atoms with Crippen molar-refractivity contribution in [3.63, 3.8) is 0 Å². The summed E-state index contributed by atoms with van der Waals surface area (Å²) >= 11 is 0. The highest BCUT2D eigenvalue weighted by molar-refractivity contribution is 7.91. The van der Waals surface area contributed by atoms with E-state index in [9.17, 15) is 38.8 Å². The summed E-state index contributed by atoms with van der Waals surface area (Å²) in [6.07, 6.45) is -3.39. The Balaban J connectivity index is 0.00000461. The molecule has 0 aliphatic heterocycles. The molecule has 0 unspecified atom stereocenters. The van der Waals surface area contributed by atoms with Gasteiger partial charge in [-0.1, -0.05) is 24.3 Å². The molecule has 45 heavy (non-hydrogen) atoms. The van der Waals surface area contributed by atoms with Gasteiger partial charge in [-0.25, -0.2) is 25.6 Å². The summed E-state index contributed by atoms with van der Waals surface area (Å²) in [6, 6.07) is 16.6. The summed E-state index contributed by atoms with van der Waals surface area (Å²) in [5, 5.41) is 4.82. The molecule has 0 fully saturated rings. The Morgan fingerprint density at radius 3 is 1.80 bits per heavy atom. The Bertz CT molecular complexity index is 1970. The smallest absolute Gasteiger partial charge is 0.435 e. The molecule has 5 aromatic rings. The number of nitrogens with zero attached hydrogens (tertiary/aromatic N) is 3. The lowest BCUT2D eigenvalue weighted by Gasteiger charge is -2.28. The first-order valence-electron chi connectivity index (χ1n) is 12.5. The highest BCUT2D eigenvalue weighted by atomic mass is 35.5. The molecule has 0 atom stereocenters. The number of hydrogen-bond acceptors (Lipinski definition) is 8. The Hall–Kier alpha value is -4.41. The molecule has 0 saturated carbocycles. The highest BCUT2D eigenvalue weighted by Crippen LogP contribution is 2.34. The fourth-order valence-corrected chi connectivity index (χ4v) is 5.46. The van der Waals surface area contributed by atoms with Crippen molar-refractivity contribution in [2.24, 2.45) is 0 Å². The zero-order valence-electron chi connectivity index (χ0n) is 22.6. The van der Waals surface area contributed by atoms with Crippen LogP contribution in [-0.2, 0) is 25.9 Å². The van der Waals surface area contributed by atoms with Crippen LogP contribution in [0.2, 0.25) is 0 Å². The molecule has 0 aliphatic carbocycles. The van der Waals surface area contributed by atoms with Gasteiger partial charge in [0.2, 0.25) is 19.7 Å². The van der Waals surface area contributed by atoms with Crippen LogP contribution < -0.4 is 10.5 Å². The molecular formula is C28H22ClF5N4O5S2. The molecule has 2 heterocycles. The van der Waals surface area contributed by atoms with Crippen molar-refractivity contribution >= 4 is 43.5 Å². The number of furan rings is 1. The van der Waals surface area contributed by atoms with E-state index in [1.54, 1.807) is 36.4 Å². The number of sulfone groups is 2. The number of rotatable bonds is 10. The highest BCUT2D eigenvalue weighted by Gasteiger charge is 2.36. The first-order valence-corrected chi connectivity index (χ1v) is 15.8. The third kappa shape index (κ3) is 7.13. The van der Waals surface area contributed by atoms with Crippen molar-refractivity contribution in [1.29, 1.82) is 0 Å². The van der Waals surface area contributed by atoms with Crippen molar-refractivity contribution in [3.8, 4) is 22.6 Å². The number of nitrogens with one attached hydrogen (secondary N) is 1. The Labute approximate surface area is 260 Å². The Morgan fingerprint density at radius 2 is 1.31 bits per heavy atom. The van der Waals surface area contributed by atoms with Crippen LogP contribution in [-0.4, -0.2) is 38.7 Å². The topological polar surface area (TPSA) is 115 Å². The van der Waals surface area contributed by atoms with E-state index in [0.29, 0.717) is 16.9 Å². The predicted molar refractivity (Wildman–Crippen MR) is 158 cm³/mol. The summed E-state index contributed by atoms with van der Waals surface area (Å²) < 4.78 is 121. The summed E-state index contributed by atoms with van der Waals surface area (Å²) in [5.74, 6) is 0.533. The van der Waals surface area contributed by atoms with Gasteiger partial charge in [0, 0.05) is 11.1 Å². The second-order valence-electron chi connectivity index (χ2n) is 9.25. The van der Waals surface area contributed by atoms with Crippen molar-refractivity contribution in [3.05, 3.63) is 103 Å². The lowest BCUT2D eigenvalue weighted by Crippen LogP contribution is -2.37. The van der Waals surface area contributed by atoms with Gasteiger partial charge in [0.25, 0.3) is 0 Å². The molecule has 0 aliphatic rings. The van der Waals surface area contributed by atoms with Crippen LogP contribution in [0, 0.1) is 0 Å². The zero-order valence-corrected chi connectivity index (χ0v) is 25.1. The average molecular weight is 689 g/mol. The molecule has 0 saturated heterocycles. The summed E-state index contributed by atoms with van der Waals surface area (Å²) in [6.45, 7) is 0. The van der Waals surface area contributed by atoms with Crippen LogP contribution in [0.5, 0.6) is 0 Å². The van der Waals surface area contributed by atoms with E-state index >= 15 is 0 Å². The van der Waals surface area contributed by atoms with Gasteiger partial charge in [0.05, 0.1) is 33.1 Å². The van der Waals surface area contributed by atoms with Crippen molar-refractivity contribution in [2.75, 3.05) is 22.6 Å². The lowest BCUT2D eigenvalue weighted by atomic mass is 10.1. The fraction of sp³-hybridized carbons (Fsp3) is 0.107. The Morgan fingerprint density at radius 1 is 0.778 bits per heavy atom. The molecular weight excluding hydrogens is 667 g/mol. The van der Waals surface area contributed by atoms with Crippen LogP contribution in [0.4, 0.5) is 33.3 Å². The minimum absolute atomic E-state index is 0. The molecule has 0 amide bonds. The SMILES string of the molecule is Cl.O=S(=O)(CF)c1ccc(NN(c2ccc(S(=O)(=O)CF)cc2)n2nc(C(F)(F)F)cc2-c2ccc(-c3ccco3)cc2)cc1. The maximum absolute atomic E-state index is 13.9. The van der Waals surface area contributed by atoms with Crippen molar-refractivity contribution in [2.45, 2.75) is 16.0 Å². The van der Waals surface area contributed by atoms with Gasteiger partial charge in [-0.2, -0.15) is 23.1 Å². The van der Waals surface area contributed by atoms with Gasteiger partial charge < -0.3 is 4.42 Å². The molecule has 17 heteroatoms. The van der Waals surface area contributed by atoms with Gasteiger partial charge in [0.1, 0.15) is 5.76 Å². The molecule has 9 nitrogen and oxygen atoms in total. The van der Waals surface area contributed by atoms with E-state index in [-0.39, 0.29) is 39.3 Å². The van der Waals surface area contributed by atoms with E-state index in [1.165, 1.54) is 30.5 Å². The van der Waals surface area contributed by atoms with Crippen molar-refractivity contribution in [1.82, 2.24) is 9.89 Å². The second-order valence-corrected chi connectivity index (χ2v) is 13.1. The molecule has 1 N–H and O–H groups in total. The van der Waals surface area contributed by atoms with Crippen LogP contribution >= 0.6 is 12.4 Å². The van der Waals surface area contributed by atoms with E-state index in [2.05, 4.69) is 10.5 Å². The van der Waals surface area contributed by atoms with Gasteiger partial charge in [0.15, 0.2) is 17.7 Å². The monoisotopic (exact) mass is 688 g/mol. The largest absolute Gasteiger partial charge is 0.464 e. The molecule has 0 spiro atoms. The summed E-state index contributed by atoms with van der Waals surface area (Å²) in [7, 11) is -8.44. The molecule has 0 bridgehead atoms. The van der Waals surface area contributed by atoms with Crippen LogP contribution in [0.1, 0.15) is 5.69 Å². The lowest BCUT2D eigenvalue weighted by molar-refractivity contribution is -0.141. The summed E-state index contributed by atoms with van der Waals surface area (Å²) in [4.78, 5) is 0.193. The van der Waals surface area contributed by atoms with Gasteiger partial charge in [-0.15, -0.1) is 17.5 Å². The maximum atomic E-state index is 13.9. The van der Waals surface area contributed by atoms with Gasteiger partial charge >= 0.3 is 6.18 Å². The first kappa shape index (κ1) is 33.5. The third-order valence-electron chi connectivity index (χ3n) is 6.33. The zero-order chi connectivity index (χ0) is 31.7. The average Bonchev–Trinajstić information content (AvgIpc) is 3.72. The fourth-order valence-electron chi connectivity index (χ4n) is 4.11. The Kier molecular flexibility index (Phi) is 9.60. The number of hydrazine groups is 1. The number of alkyl halides is 5. The number of benzene rings is 3. The quantitative estimate of drug-likeness (QED) is 0.124. The molecule has 3 aromatic carbocycles.